The van der Waals surface area contributed by atoms with Crippen LogP contribution in [0.1, 0.15) is 33.8 Å². The molecular formula is C26H28FN3O2S2. The molecule has 34 heavy (non-hydrogen) atoms. The molecule has 2 aliphatic rings. The van der Waals surface area contributed by atoms with Crippen LogP contribution in [0.3, 0.4) is 0 Å². The molecule has 178 valence electrons. The van der Waals surface area contributed by atoms with Gasteiger partial charge in [-0.1, -0.05) is 18.2 Å². The second kappa shape index (κ2) is 9.98. The van der Waals surface area contributed by atoms with Crippen molar-refractivity contribution in [2.75, 3.05) is 32.7 Å². The zero-order chi connectivity index (χ0) is 23.7. The van der Waals surface area contributed by atoms with Gasteiger partial charge in [0, 0.05) is 42.0 Å². The number of carbonyl (C=O) groups excluding carboxylic acids is 2. The highest BCUT2D eigenvalue weighted by Crippen LogP contribution is 2.37. The largest absolute Gasteiger partial charge is 0.338 e. The molecule has 2 atom stereocenters. The second-order valence-electron chi connectivity index (χ2n) is 9.01. The van der Waals surface area contributed by atoms with Crippen LogP contribution < -0.4 is 0 Å². The lowest BCUT2D eigenvalue weighted by molar-refractivity contribution is -0.143. The van der Waals surface area contributed by atoms with Gasteiger partial charge in [-0.05, 0) is 59.5 Å². The molecule has 2 aliphatic heterocycles. The summed E-state index contributed by atoms with van der Waals surface area (Å²) in [6.07, 6.45) is 1.31. The van der Waals surface area contributed by atoms with E-state index in [9.17, 15) is 14.0 Å². The minimum absolute atomic E-state index is 0.0194. The maximum atomic E-state index is 14.0. The maximum absolute atomic E-state index is 14.0. The molecule has 0 spiro atoms. The average Bonchev–Trinajstić information content (AvgIpc) is 3.50. The van der Waals surface area contributed by atoms with Crippen LogP contribution in [0.5, 0.6) is 0 Å². The molecule has 0 bridgehead atoms. The van der Waals surface area contributed by atoms with E-state index in [1.165, 1.54) is 16.5 Å². The number of piperazine rings is 1. The van der Waals surface area contributed by atoms with E-state index in [1.54, 1.807) is 34.8 Å². The fourth-order valence-electron chi connectivity index (χ4n) is 5.10. The molecule has 5 nitrogen and oxygen atoms in total. The van der Waals surface area contributed by atoms with E-state index in [-0.39, 0.29) is 36.3 Å². The molecule has 3 aromatic rings. The van der Waals surface area contributed by atoms with Gasteiger partial charge >= 0.3 is 0 Å². The first-order valence-electron chi connectivity index (χ1n) is 11.6. The number of hydrogen-bond donors (Lipinski definition) is 0. The van der Waals surface area contributed by atoms with E-state index in [4.69, 9.17) is 0 Å². The lowest BCUT2D eigenvalue weighted by atomic mass is 9.93. The summed E-state index contributed by atoms with van der Waals surface area (Å²) in [4.78, 5) is 34.5. The number of thiophene rings is 2. The van der Waals surface area contributed by atoms with Crippen LogP contribution in [-0.4, -0.2) is 65.3 Å². The van der Waals surface area contributed by atoms with Crippen LogP contribution in [0.15, 0.2) is 53.2 Å². The number of rotatable bonds is 5. The summed E-state index contributed by atoms with van der Waals surface area (Å²) < 4.78 is 14.0. The molecule has 5 rings (SSSR count). The van der Waals surface area contributed by atoms with Crippen LogP contribution in [0.25, 0.3) is 0 Å². The molecule has 0 aliphatic carbocycles. The Morgan fingerprint density at radius 3 is 2.68 bits per heavy atom. The van der Waals surface area contributed by atoms with E-state index in [0.29, 0.717) is 26.1 Å². The zero-order valence-electron chi connectivity index (χ0n) is 19.2. The summed E-state index contributed by atoms with van der Waals surface area (Å²) in [5.41, 5.74) is 2.05. The first-order chi connectivity index (χ1) is 16.5. The minimum Gasteiger partial charge on any atom is -0.338 e. The third kappa shape index (κ3) is 4.80. The number of nitrogens with zero attached hydrogens (tertiary/aromatic N) is 3. The zero-order valence-corrected chi connectivity index (χ0v) is 20.8. The van der Waals surface area contributed by atoms with Crippen molar-refractivity contribution < 1.29 is 14.0 Å². The normalized spacial score (nSPS) is 20.9. The summed E-state index contributed by atoms with van der Waals surface area (Å²) in [5.74, 6) is -0.0742. The van der Waals surface area contributed by atoms with E-state index < -0.39 is 0 Å². The van der Waals surface area contributed by atoms with Gasteiger partial charge in [0.05, 0.1) is 19.0 Å². The number of halogens is 1. The topological polar surface area (TPSA) is 43.9 Å². The summed E-state index contributed by atoms with van der Waals surface area (Å²) in [6.45, 7) is 4.69. The Morgan fingerprint density at radius 1 is 1.03 bits per heavy atom. The molecule has 0 radical (unpaired) electrons. The highest BCUT2D eigenvalue weighted by atomic mass is 32.1. The Balaban J connectivity index is 1.26. The van der Waals surface area contributed by atoms with Gasteiger partial charge in [-0.25, -0.2) is 4.39 Å². The minimum atomic E-state index is -0.261. The summed E-state index contributed by atoms with van der Waals surface area (Å²) in [6, 6.07) is 12.6. The quantitative estimate of drug-likeness (QED) is 0.531. The Morgan fingerprint density at radius 2 is 1.91 bits per heavy atom. The van der Waals surface area contributed by atoms with Gasteiger partial charge in [-0.3, -0.25) is 14.5 Å². The average molecular weight is 498 g/mol. The van der Waals surface area contributed by atoms with Gasteiger partial charge in [-0.15, -0.1) is 22.7 Å². The van der Waals surface area contributed by atoms with Gasteiger partial charge in [0.25, 0.3) is 0 Å². The van der Waals surface area contributed by atoms with E-state index in [2.05, 4.69) is 16.3 Å². The van der Waals surface area contributed by atoms with Crippen molar-refractivity contribution in [3.63, 3.8) is 0 Å². The van der Waals surface area contributed by atoms with Crippen LogP contribution in [0, 0.1) is 5.82 Å². The molecule has 1 aromatic carbocycles. The molecule has 4 heterocycles. The van der Waals surface area contributed by atoms with Crippen LogP contribution in [0.2, 0.25) is 0 Å². The highest BCUT2D eigenvalue weighted by molar-refractivity contribution is 7.10. The predicted molar refractivity (Wildman–Crippen MR) is 134 cm³/mol. The number of hydrogen-bond acceptors (Lipinski definition) is 5. The van der Waals surface area contributed by atoms with E-state index >= 15 is 0 Å². The van der Waals surface area contributed by atoms with Crippen molar-refractivity contribution in [3.05, 3.63) is 79.9 Å². The fourth-order valence-corrected chi connectivity index (χ4v) is 6.70. The lowest BCUT2D eigenvalue weighted by Crippen LogP contribution is -2.57. The Labute approximate surface area is 207 Å². The summed E-state index contributed by atoms with van der Waals surface area (Å²) in [5, 5.41) is 4.07. The maximum Gasteiger partial charge on any atom is 0.236 e. The van der Waals surface area contributed by atoms with Crippen molar-refractivity contribution in [1.82, 2.24) is 14.7 Å². The Bertz CT molecular complexity index is 1160. The standard InChI is InChI=1S/C26H28FN3O2S2/c1-18-16-28(10-11-30(18)24(31)15-21-6-3-12-33-21)25(32)17-29-9-7-23-22(8-13-34-23)26(29)19-4-2-5-20(27)14-19/h2-6,8,12-14,18,26H,7,9-11,15-17H2,1H3/t18-,26+/m1/s1. The number of fused-ring (bicyclic) bond motifs is 1. The van der Waals surface area contributed by atoms with Gasteiger partial charge < -0.3 is 9.80 Å². The van der Waals surface area contributed by atoms with Gasteiger partial charge in [0.15, 0.2) is 0 Å². The molecule has 2 aromatic heterocycles. The molecule has 0 unspecified atom stereocenters. The van der Waals surface area contributed by atoms with Gasteiger partial charge in [0.1, 0.15) is 5.82 Å². The molecule has 8 heteroatoms. The van der Waals surface area contributed by atoms with Crippen molar-refractivity contribution in [2.24, 2.45) is 0 Å². The fraction of sp³-hybridized carbons (Fsp3) is 0.385. The van der Waals surface area contributed by atoms with Crippen LogP contribution in [-0.2, 0) is 22.4 Å². The second-order valence-corrected chi connectivity index (χ2v) is 11.0. The first kappa shape index (κ1) is 23.2. The predicted octanol–water partition coefficient (Wildman–Crippen LogP) is 4.20. The molecule has 0 saturated carbocycles. The van der Waals surface area contributed by atoms with Crippen molar-refractivity contribution >= 4 is 34.5 Å². The molecule has 1 fully saturated rings. The summed E-state index contributed by atoms with van der Waals surface area (Å²) in [7, 11) is 0. The smallest absolute Gasteiger partial charge is 0.236 e. The van der Waals surface area contributed by atoms with Crippen molar-refractivity contribution in [3.8, 4) is 0 Å². The molecular weight excluding hydrogens is 469 g/mol. The SMILES string of the molecule is C[C@@H]1CN(C(=O)CN2CCc3sccc3[C@@H]2c2cccc(F)c2)CCN1C(=O)Cc1cccs1. The monoisotopic (exact) mass is 497 g/mol. The number of amides is 2. The Kier molecular flexibility index (Phi) is 6.81. The molecule has 1 saturated heterocycles. The molecule has 0 N–H and O–H groups in total. The van der Waals surface area contributed by atoms with Crippen molar-refractivity contribution in [2.45, 2.75) is 31.8 Å². The third-order valence-corrected chi connectivity index (χ3v) is 8.65. The van der Waals surface area contributed by atoms with E-state index in [0.717, 1.165) is 23.4 Å². The Hall–Kier alpha value is -2.55. The van der Waals surface area contributed by atoms with Crippen LogP contribution >= 0.6 is 22.7 Å². The van der Waals surface area contributed by atoms with Crippen molar-refractivity contribution in [1.29, 1.82) is 0 Å². The van der Waals surface area contributed by atoms with Gasteiger partial charge in [-0.2, -0.15) is 0 Å². The first-order valence-corrected chi connectivity index (χ1v) is 13.4. The lowest BCUT2D eigenvalue weighted by Gasteiger charge is -2.42. The van der Waals surface area contributed by atoms with E-state index in [1.807, 2.05) is 40.3 Å². The number of benzene rings is 1. The highest BCUT2D eigenvalue weighted by Gasteiger charge is 2.34. The number of carbonyl (C=O) groups is 2. The summed E-state index contributed by atoms with van der Waals surface area (Å²) >= 11 is 3.32. The van der Waals surface area contributed by atoms with Crippen LogP contribution in [0.4, 0.5) is 4.39 Å². The molecule has 2 amide bonds. The third-order valence-electron chi connectivity index (χ3n) is 6.77. The van der Waals surface area contributed by atoms with Gasteiger partial charge in [0.2, 0.25) is 11.8 Å².